The van der Waals surface area contributed by atoms with E-state index in [1.807, 2.05) is 0 Å². The molecule has 0 radical (unpaired) electrons. The number of hydrogen-bond donors (Lipinski definition) is 0. The van der Waals surface area contributed by atoms with Gasteiger partial charge >= 0.3 is 260 Å². The molecule has 0 aromatic carbocycles. The molecule has 0 amide bonds. The zero-order valence-corrected chi connectivity index (χ0v) is 34.0. The van der Waals surface area contributed by atoms with Crippen molar-refractivity contribution in [3.05, 3.63) is 35.4 Å². The number of unbranched alkanes of at least 4 members (excludes halogenated alkanes) is 6. The molecular formula is C32H48S4Sn2. The normalized spacial score (nSPS) is 12.7. The van der Waals surface area contributed by atoms with Gasteiger partial charge in [-0.3, -0.25) is 0 Å². The molecule has 0 fully saturated rings. The minimum absolute atomic E-state index is 1.25. The fraction of sp³-hybridized carbons (Fsp3) is 0.562. The van der Waals surface area contributed by atoms with Crippen molar-refractivity contribution in [2.75, 3.05) is 0 Å². The molecule has 0 unspecified atom stereocenters. The molecule has 4 rings (SSSR count). The van der Waals surface area contributed by atoms with Crippen molar-refractivity contribution in [2.24, 2.45) is 0 Å². The Hall–Kier alpha value is 0.657. The average Bonchev–Trinajstić information content (AvgIpc) is 3.59. The van der Waals surface area contributed by atoms with Gasteiger partial charge in [0.05, 0.1) is 0 Å². The first-order valence-electron chi connectivity index (χ1n) is 14.8. The van der Waals surface area contributed by atoms with Crippen LogP contribution in [0.3, 0.4) is 0 Å². The molecule has 4 heterocycles. The zero-order valence-electron chi connectivity index (χ0n) is 25.0. The molecule has 6 heteroatoms. The standard InChI is InChI=1S/C26H30S4.6CH3.2Sn/c1-3-5-7-9-11-19-13-15-27-25(19)23-17-21-22(29-23)18-24(30-21)26-20(14-16-28-26)12-10-8-6-4-2;;;;;;;;/h13-14,17-18H,3-12H2,1-2H3;6*1H3;;. The summed E-state index contributed by atoms with van der Waals surface area (Å²) in [7, 11) is 0. The molecule has 0 aliphatic rings. The van der Waals surface area contributed by atoms with Gasteiger partial charge in [0.2, 0.25) is 0 Å². The number of aryl methyl sites for hydroxylation is 2. The summed E-state index contributed by atoms with van der Waals surface area (Å²) in [5, 5.41) is 0. The van der Waals surface area contributed by atoms with Crippen molar-refractivity contribution in [1.82, 2.24) is 0 Å². The number of hydrogen-bond acceptors (Lipinski definition) is 4. The monoisotopic (exact) mass is 800 g/mol. The molecule has 0 saturated heterocycles. The average molecular weight is 798 g/mol. The van der Waals surface area contributed by atoms with Crippen LogP contribution in [-0.4, -0.2) is 36.8 Å². The minimum atomic E-state index is -2.09. The van der Waals surface area contributed by atoms with Crippen molar-refractivity contribution in [3.8, 4) is 19.5 Å². The van der Waals surface area contributed by atoms with Gasteiger partial charge in [-0.1, -0.05) is 0 Å². The molecule has 0 aliphatic carbocycles. The van der Waals surface area contributed by atoms with Gasteiger partial charge in [-0.25, -0.2) is 0 Å². The molecule has 0 N–H and O–H groups in total. The Balaban J connectivity index is 1.65. The van der Waals surface area contributed by atoms with E-state index in [1.165, 1.54) is 83.4 Å². The Morgan fingerprint density at radius 1 is 0.500 bits per heavy atom. The van der Waals surface area contributed by atoms with Crippen LogP contribution in [0.1, 0.15) is 76.3 Å². The van der Waals surface area contributed by atoms with E-state index >= 15 is 0 Å². The van der Waals surface area contributed by atoms with E-state index in [9.17, 15) is 0 Å². The van der Waals surface area contributed by atoms with Crippen molar-refractivity contribution in [3.63, 3.8) is 0 Å². The summed E-state index contributed by atoms with van der Waals surface area (Å²) in [6.45, 7) is 4.63. The van der Waals surface area contributed by atoms with Crippen LogP contribution in [0.15, 0.2) is 24.3 Å². The van der Waals surface area contributed by atoms with Crippen molar-refractivity contribution >= 4 is 97.3 Å². The molecule has 0 saturated carbocycles. The summed E-state index contributed by atoms with van der Waals surface area (Å²) in [6, 6.07) is 10.3. The van der Waals surface area contributed by atoms with Crippen LogP contribution in [0, 0.1) is 0 Å². The van der Waals surface area contributed by atoms with Gasteiger partial charge in [-0.2, -0.15) is 0 Å². The third-order valence-corrected chi connectivity index (χ3v) is 31.2. The molecule has 0 atom stereocenters. The van der Waals surface area contributed by atoms with Crippen LogP contribution in [0.25, 0.3) is 28.9 Å². The topological polar surface area (TPSA) is 0 Å². The van der Waals surface area contributed by atoms with Crippen LogP contribution in [-0.2, 0) is 12.8 Å². The third-order valence-electron chi connectivity index (χ3n) is 7.35. The number of rotatable bonds is 14. The molecule has 0 spiro atoms. The quantitative estimate of drug-likeness (QED) is 0.0881. The van der Waals surface area contributed by atoms with E-state index in [0.29, 0.717) is 0 Å². The second-order valence-electron chi connectivity index (χ2n) is 13.0. The number of fused-ring (bicyclic) bond motifs is 1. The first kappa shape index (κ1) is 31.6. The van der Waals surface area contributed by atoms with Crippen molar-refractivity contribution < 1.29 is 0 Å². The Bertz CT molecular complexity index is 1190. The molecule has 0 aliphatic heterocycles. The van der Waals surface area contributed by atoms with Gasteiger partial charge < -0.3 is 0 Å². The maximum atomic E-state index is 2.62. The predicted molar refractivity (Wildman–Crippen MR) is 188 cm³/mol. The van der Waals surface area contributed by atoms with Crippen LogP contribution >= 0.6 is 45.3 Å². The fourth-order valence-electron chi connectivity index (χ4n) is 4.93. The zero-order chi connectivity index (χ0) is 27.5. The van der Waals surface area contributed by atoms with Gasteiger partial charge in [0.1, 0.15) is 0 Å². The van der Waals surface area contributed by atoms with Gasteiger partial charge in [-0.05, 0) is 0 Å². The van der Waals surface area contributed by atoms with Gasteiger partial charge in [0.25, 0.3) is 0 Å². The predicted octanol–water partition coefficient (Wildman–Crippen LogP) is 11.8. The third kappa shape index (κ3) is 7.93. The van der Waals surface area contributed by atoms with E-state index in [1.54, 1.807) is 26.7 Å². The Morgan fingerprint density at radius 3 is 1.24 bits per heavy atom. The molecule has 4 aromatic heterocycles. The van der Waals surface area contributed by atoms with Gasteiger partial charge in [0, 0.05) is 0 Å². The molecule has 208 valence electrons. The van der Waals surface area contributed by atoms with E-state index in [-0.39, 0.29) is 0 Å². The fourth-order valence-corrected chi connectivity index (χ4v) is 20.6. The summed E-state index contributed by atoms with van der Waals surface area (Å²) in [5.74, 6) is 0. The summed E-state index contributed by atoms with van der Waals surface area (Å²) in [6.07, 6.45) is 13.3. The van der Waals surface area contributed by atoms with Crippen molar-refractivity contribution in [1.29, 1.82) is 0 Å². The maximum absolute atomic E-state index is 2.62. The Kier molecular flexibility index (Phi) is 11.4. The second kappa shape index (κ2) is 13.8. The van der Waals surface area contributed by atoms with E-state index < -0.39 is 36.8 Å². The van der Waals surface area contributed by atoms with E-state index in [2.05, 4.69) is 113 Å². The Morgan fingerprint density at radius 2 is 0.895 bits per heavy atom. The van der Waals surface area contributed by atoms with E-state index in [0.717, 1.165) is 0 Å². The summed E-state index contributed by atoms with van der Waals surface area (Å²) < 4.78 is 6.48. The van der Waals surface area contributed by atoms with E-state index in [4.69, 9.17) is 0 Å². The molecule has 0 nitrogen and oxygen atoms in total. The Labute approximate surface area is 257 Å². The van der Waals surface area contributed by atoms with Crippen LogP contribution in [0.2, 0.25) is 29.6 Å². The summed E-state index contributed by atoms with van der Waals surface area (Å²) >= 11 is 4.20. The molecule has 0 bridgehead atoms. The van der Waals surface area contributed by atoms with Crippen LogP contribution in [0.5, 0.6) is 0 Å². The summed E-state index contributed by atoms with van der Waals surface area (Å²) in [5.41, 5.74) is 3.27. The molecule has 4 aromatic rings. The van der Waals surface area contributed by atoms with Gasteiger partial charge in [0.15, 0.2) is 0 Å². The molecular weight excluding hydrogens is 750 g/mol. The second-order valence-corrected chi connectivity index (χ2v) is 48.1. The van der Waals surface area contributed by atoms with Crippen LogP contribution < -0.4 is 5.79 Å². The summed E-state index contributed by atoms with van der Waals surface area (Å²) in [4.78, 5) is 21.7. The van der Waals surface area contributed by atoms with Crippen LogP contribution in [0.4, 0.5) is 0 Å². The first-order chi connectivity index (χ1) is 18.0. The first-order valence-corrected chi connectivity index (χ1v) is 38.1. The van der Waals surface area contributed by atoms with Crippen molar-refractivity contribution in [2.45, 2.75) is 108 Å². The SMILES string of the molecule is CCCCCCc1c[c]([Sn]([CH3])([CH3])[CH3])sc1-c1cc2sc(-c3s[c]([Sn]([CH3])([CH3])[CH3])cc3CCCCCC)cc2s1. The number of thiophene rings is 4. The molecule has 38 heavy (non-hydrogen) atoms. The van der Waals surface area contributed by atoms with Gasteiger partial charge in [-0.15, -0.1) is 0 Å².